The molecule has 0 radical (unpaired) electrons. The number of fused-ring (bicyclic) bond motifs is 2. The minimum Gasteiger partial charge on any atom is -0.353 e. The van der Waals surface area contributed by atoms with Gasteiger partial charge in [-0.25, -0.2) is 0 Å². The maximum absolute atomic E-state index is 12.4. The highest BCUT2D eigenvalue weighted by atomic mass is 16.1. The van der Waals surface area contributed by atoms with Crippen molar-refractivity contribution in [3.05, 3.63) is 73.6 Å². The van der Waals surface area contributed by atoms with Crippen LogP contribution in [0.25, 0.3) is 55.7 Å². The molecule has 0 unspecified atom stereocenters. The maximum Gasteiger partial charge on any atom is 0.224 e. The first-order chi connectivity index (χ1) is 18.3. The van der Waals surface area contributed by atoms with Gasteiger partial charge in [0.15, 0.2) is 0 Å². The Balaban J connectivity index is 1.36. The van der Waals surface area contributed by atoms with Crippen molar-refractivity contribution in [3.8, 4) is 33.9 Å². The van der Waals surface area contributed by atoms with Gasteiger partial charge in [-0.05, 0) is 41.8 Å². The summed E-state index contributed by atoms with van der Waals surface area (Å²) in [4.78, 5) is 33.7. The zero-order chi connectivity index (χ0) is 26.3. The third-order valence-corrected chi connectivity index (χ3v) is 6.19. The Bertz CT molecular complexity index is 1780. The van der Waals surface area contributed by atoms with Crippen LogP contribution in [0.5, 0.6) is 0 Å². The molecule has 0 bridgehead atoms. The van der Waals surface area contributed by atoms with Crippen molar-refractivity contribution in [3.63, 3.8) is 0 Å². The van der Waals surface area contributed by atoms with E-state index >= 15 is 0 Å². The van der Waals surface area contributed by atoms with Crippen LogP contribution in [-0.2, 0) is 4.79 Å². The van der Waals surface area contributed by atoms with Crippen LogP contribution in [0, 0.1) is 5.41 Å². The summed E-state index contributed by atoms with van der Waals surface area (Å²) in [6.07, 6.45) is 10.9. The molecule has 0 aromatic carbocycles. The van der Waals surface area contributed by atoms with E-state index in [1.54, 1.807) is 31.0 Å². The minimum absolute atomic E-state index is 0.0454. The summed E-state index contributed by atoms with van der Waals surface area (Å²) in [5.74, 6) is -0.0454. The lowest BCUT2D eigenvalue weighted by atomic mass is 9.92. The molecule has 38 heavy (non-hydrogen) atoms. The summed E-state index contributed by atoms with van der Waals surface area (Å²) in [6.45, 7) is 6.10. The molecule has 9 heteroatoms. The monoisotopic (exact) mass is 502 g/mol. The third-order valence-electron chi connectivity index (χ3n) is 6.19. The van der Waals surface area contributed by atoms with Gasteiger partial charge in [0.25, 0.3) is 0 Å². The van der Waals surface area contributed by atoms with E-state index in [1.807, 2.05) is 57.3 Å². The number of nitrogens with one attached hydrogen (secondary N) is 3. The number of hydrogen-bond donors (Lipinski definition) is 3. The summed E-state index contributed by atoms with van der Waals surface area (Å²) in [7, 11) is 0. The van der Waals surface area contributed by atoms with Crippen LogP contribution < -0.4 is 5.32 Å². The lowest BCUT2D eigenvalue weighted by Crippen LogP contribution is -2.19. The number of H-pyrrole nitrogens is 2. The Kier molecular flexibility index (Phi) is 5.68. The van der Waals surface area contributed by atoms with E-state index in [9.17, 15) is 4.79 Å². The summed E-state index contributed by atoms with van der Waals surface area (Å²) >= 11 is 0. The average Bonchev–Trinajstić information content (AvgIpc) is 3.51. The Morgan fingerprint density at radius 2 is 1.71 bits per heavy atom. The number of amides is 1. The summed E-state index contributed by atoms with van der Waals surface area (Å²) in [6, 6.07) is 11.8. The van der Waals surface area contributed by atoms with Crippen LogP contribution in [0.2, 0.25) is 0 Å². The molecule has 3 N–H and O–H groups in total. The fourth-order valence-corrected chi connectivity index (χ4v) is 4.53. The second kappa shape index (κ2) is 9.19. The molecule has 0 saturated heterocycles. The van der Waals surface area contributed by atoms with E-state index in [0.29, 0.717) is 12.1 Å². The van der Waals surface area contributed by atoms with E-state index in [1.165, 1.54) is 0 Å². The van der Waals surface area contributed by atoms with Crippen molar-refractivity contribution in [1.82, 2.24) is 35.1 Å². The number of pyridine rings is 4. The van der Waals surface area contributed by atoms with Crippen LogP contribution in [-0.4, -0.2) is 41.0 Å². The molecule has 1 amide bonds. The highest BCUT2D eigenvalue weighted by molar-refractivity contribution is 6.00. The van der Waals surface area contributed by atoms with Crippen molar-refractivity contribution < 1.29 is 4.79 Å². The minimum atomic E-state index is -0.100. The summed E-state index contributed by atoms with van der Waals surface area (Å²) in [5.41, 5.74) is 7.29. The first-order valence-corrected chi connectivity index (χ1v) is 12.3. The van der Waals surface area contributed by atoms with Gasteiger partial charge < -0.3 is 10.3 Å². The number of rotatable bonds is 5. The van der Waals surface area contributed by atoms with Gasteiger partial charge in [0.2, 0.25) is 5.91 Å². The van der Waals surface area contributed by atoms with Crippen molar-refractivity contribution in [2.45, 2.75) is 27.2 Å². The molecule has 6 aromatic heterocycles. The molecule has 6 aromatic rings. The zero-order valence-corrected chi connectivity index (χ0v) is 21.3. The van der Waals surface area contributed by atoms with Gasteiger partial charge in [-0.15, -0.1) is 0 Å². The lowest BCUT2D eigenvalue weighted by molar-refractivity contribution is -0.117. The molecular weight excluding hydrogens is 476 g/mol. The van der Waals surface area contributed by atoms with Gasteiger partial charge >= 0.3 is 0 Å². The standard InChI is InChI=1S/C29H26N8O/c1-29(2,3)12-26(38)34-19-9-18(14-31-15-19)23-10-21-25(16-33-23)36-37-28(21)24-11-20-22(35-24)6-8-32-27(20)17-5-4-7-30-13-17/h4-11,13-16,35H,12H2,1-3H3,(H,34,38)(H,36,37). The first kappa shape index (κ1) is 23.5. The Morgan fingerprint density at radius 3 is 2.53 bits per heavy atom. The highest BCUT2D eigenvalue weighted by Gasteiger charge is 2.18. The molecule has 0 saturated carbocycles. The quantitative estimate of drug-likeness (QED) is 0.265. The third kappa shape index (κ3) is 4.61. The first-order valence-electron chi connectivity index (χ1n) is 12.3. The summed E-state index contributed by atoms with van der Waals surface area (Å²) < 4.78 is 0. The predicted molar refractivity (Wildman–Crippen MR) is 148 cm³/mol. The fourth-order valence-electron chi connectivity index (χ4n) is 4.53. The van der Waals surface area contributed by atoms with E-state index in [4.69, 9.17) is 0 Å². The van der Waals surface area contributed by atoms with E-state index < -0.39 is 0 Å². The molecule has 0 aliphatic carbocycles. The number of hydrogen-bond acceptors (Lipinski definition) is 6. The van der Waals surface area contributed by atoms with Gasteiger partial charge in [-0.1, -0.05) is 20.8 Å². The normalized spacial score (nSPS) is 11.8. The van der Waals surface area contributed by atoms with Gasteiger partial charge in [0.1, 0.15) is 5.69 Å². The molecule has 0 fully saturated rings. The Labute approximate surface area is 218 Å². The van der Waals surface area contributed by atoms with Crippen LogP contribution in [0.1, 0.15) is 27.2 Å². The largest absolute Gasteiger partial charge is 0.353 e. The number of aromatic nitrogens is 7. The van der Waals surface area contributed by atoms with E-state index in [-0.39, 0.29) is 11.3 Å². The van der Waals surface area contributed by atoms with Crippen molar-refractivity contribution in [2.75, 3.05) is 5.32 Å². The average molecular weight is 503 g/mol. The molecule has 6 heterocycles. The van der Waals surface area contributed by atoms with Gasteiger partial charge in [0.05, 0.1) is 40.7 Å². The van der Waals surface area contributed by atoms with Crippen LogP contribution >= 0.6 is 0 Å². The maximum atomic E-state index is 12.4. The number of aromatic amines is 2. The zero-order valence-electron chi connectivity index (χ0n) is 21.3. The fraction of sp³-hybridized carbons (Fsp3) is 0.172. The SMILES string of the molecule is CC(C)(C)CC(=O)Nc1cncc(-c2cc3c(-c4cc5c(-c6cccnc6)nccc5[nH]4)n[nH]c3cn2)c1. The van der Waals surface area contributed by atoms with E-state index in [2.05, 4.69) is 46.5 Å². The Hall–Kier alpha value is -4.92. The lowest BCUT2D eigenvalue weighted by Gasteiger charge is -2.17. The number of nitrogens with zero attached hydrogens (tertiary/aromatic N) is 5. The van der Waals surface area contributed by atoms with Crippen molar-refractivity contribution >= 4 is 33.4 Å². The van der Waals surface area contributed by atoms with Gasteiger partial charge in [-0.2, -0.15) is 5.10 Å². The predicted octanol–water partition coefficient (Wildman–Crippen LogP) is 6.00. The second-order valence-electron chi connectivity index (χ2n) is 10.5. The number of carbonyl (C=O) groups excluding carboxylic acids is 1. The topological polar surface area (TPSA) is 125 Å². The van der Waals surface area contributed by atoms with Crippen LogP contribution in [0.15, 0.2) is 73.6 Å². The van der Waals surface area contributed by atoms with Crippen molar-refractivity contribution in [1.29, 1.82) is 0 Å². The highest BCUT2D eigenvalue weighted by Crippen LogP contribution is 2.34. The molecule has 188 valence electrons. The van der Waals surface area contributed by atoms with E-state index in [0.717, 1.165) is 55.7 Å². The molecule has 0 atom stereocenters. The second-order valence-corrected chi connectivity index (χ2v) is 10.5. The molecule has 6 rings (SSSR count). The van der Waals surface area contributed by atoms with Gasteiger partial charge in [0, 0.05) is 58.6 Å². The molecule has 0 aliphatic rings. The Morgan fingerprint density at radius 1 is 0.868 bits per heavy atom. The molecule has 0 aliphatic heterocycles. The van der Waals surface area contributed by atoms with Crippen LogP contribution in [0.4, 0.5) is 5.69 Å². The molecule has 0 spiro atoms. The smallest absolute Gasteiger partial charge is 0.224 e. The molecule has 9 nitrogen and oxygen atoms in total. The summed E-state index contributed by atoms with van der Waals surface area (Å²) in [5, 5.41) is 12.5. The molecular formula is C29H26N8O. The van der Waals surface area contributed by atoms with Crippen LogP contribution in [0.3, 0.4) is 0 Å². The van der Waals surface area contributed by atoms with Gasteiger partial charge in [-0.3, -0.25) is 29.8 Å². The number of carbonyl (C=O) groups is 1. The van der Waals surface area contributed by atoms with Crippen molar-refractivity contribution in [2.24, 2.45) is 5.41 Å². The number of anilines is 1.